The Balaban J connectivity index is 1.36. The molecular weight excluding hydrogens is 322 g/mol. The summed E-state index contributed by atoms with van der Waals surface area (Å²) in [6.07, 6.45) is 4.63. The zero-order valence-corrected chi connectivity index (χ0v) is 14.4. The molecule has 0 spiro atoms. The van der Waals surface area contributed by atoms with Gasteiger partial charge in [0.05, 0.1) is 10.7 Å². The third kappa shape index (κ3) is 3.21. The van der Waals surface area contributed by atoms with Crippen LogP contribution in [-0.2, 0) is 12.8 Å². The monoisotopic (exact) mass is 343 g/mol. The molecule has 3 heterocycles. The second-order valence-corrected chi connectivity index (χ2v) is 7.21. The van der Waals surface area contributed by atoms with Gasteiger partial charge >= 0.3 is 6.03 Å². The van der Waals surface area contributed by atoms with Gasteiger partial charge in [0, 0.05) is 26.2 Å². The molecule has 2 amide bonds. The normalized spacial score (nSPS) is 17.5. The van der Waals surface area contributed by atoms with Gasteiger partial charge in [-0.3, -0.25) is 5.32 Å². The van der Waals surface area contributed by atoms with Crippen LogP contribution < -0.4 is 10.2 Å². The Labute approximate surface area is 145 Å². The van der Waals surface area contributed by atoms with Crippen LogP contribution in [0.3, 0.4) is 0 Å². The summed E-state index contributed by atoms with van der Waals surface area (Å²) in [6.45, 7) is 3.00. The average Bonchev–Trinajstić information content (AvgIpc) is 3.14. The molecule has 0 aromatic carbocycles. The van der Waals surface area contributed by atoms with Gasteiger partial charge in [-0.1, -0.05) is 0 Å². The Morgan fingerprint density at radius 2 is 1.96 bits per heavy atom. The second-order valence-electron chi connectivity index (χ2n) is 6.26. The quantitative estimate of drug-likeness (QED) is 0.911. The number of aromatic nitrogens is 2. The van der Waals surface area contributed by atoms with Crippen molar-refractivity contribution in [2.45, 2.75) is 25.7 Å². The molecule has 1 saturated heterocycles. The molecule has 0 radical (unpaired) electrons. The first-order chi connectivity index (χ1) is 11.8. The highest BCUT2D eigenvalue weighted by atomic mass is 32.1. The standard InChI is InChI=1S/C17H21N5OS/c23-17(18-16-6-3-11-24-16)22-9-7-21(8-10-22)15-12-13-4-1-2-5-14(13)19-20-15/h3,6,11-12H,1-2,4-5,7-10H2,(H,18,23). The number of hydrogen-bond donors (Lipinski definition) is 1. The summed E-state index contributed by atoms with van der Waals surface area (Å²) >= 11 is 1.54. The minimum Gasteiger partial charge on any atom is -0.352 e. The van der Waals surface area contributed by atoms with E-state index >= 15 is 0 Å². The van der Waals surface area contributed by atoms with E-state index in [0.29, 0.717) is 13.1 Å². The number of rotatable bonds is 2. The highest BCUT2D eigenvalue weighted by molar-refractivity contribution is 7.14. The third-order valence-corrected chi connectivity index (χ3v) is 5.48. The molecule has 1 N–H and O–H groups in total. The number of fused-ring (bicyclic) bond motifs is 1. The predicted octanol–water partition coefficient (Wildman–Crippen LogP) is 2.77. The van der Waals surface area contributed by atoms with E-state index in [-0.39, 0.29) is 6.03 Å². The molecule has 0 atom stereocenters. The minimum absolute atomic E-state index is 0.0198. The topological polar surface area (TPSA) is 61.4 Å². The summed E-state index contributed by atoms with van der Waals surface area (Å²) in [6, 6.07) is 6.03. The Kier molecular flexibility index (Phi) is 4.34. The van der Waals surface area contributed by atoms with Gasteiger partial charge in [-0.05, 0) is 54.8 Å². The molecule has 1 aliphatic carbocycles. The molecule has 126 valence electrons. The number of urea groups is 1. The first kappa shape index (κ1) is 15.4. The molecule has 0 bridgehead atoms. The summed E-state index contributed by atoms with van der Waals surface area (Å²) in [5.74, 6) is 0.953. The van der Waals surface area contributed by atoms with Crippen LogP contribution in [0.5, 0.6) is 0 Å². The van der Waals surface area contributed by atoms with E-state index in [1.807, 2.05) is 22.4 Å². The smallest absolute Gasteiger partial charge is 0.322 e. The van der Waals surface area contributed by atoms with E-state index in [1.54, 1.807) is 0 Å². The van der Waals surface area contributed by atoms with Gasteiger partial charge in [0.1, 0.15) is 0 Å². The van der Waals surface area contributed by atoms with Gasteiger partial charge in [0.2, 0.25) is 0 Å². The van der Waals surface area contributed by atoms with Crippen molar-refractivity contribution in [2.75, 3.05) is 36.4 Å². The average molecular weight is 343 g/mol. The fourth-order valence-electron chi connectivity index (χ4n) is 3.31. The third-order valence-electron chi connectivity index (χ3n) is 4.70. The number of piperazine rings is 1. The Morgan fingerprint density at radius 1 is 1.12 bits per heavy atom. The molecular formula is C17H21N5OS. The molecule has 2 aromatic rings. The minimum atomic E-state index is -0.0198. The molecule has 0 unspecified atom stereocenters. The largest absolute Gasteiger partial charge is 0.352 e. The van der Waals surface area contributed by atoms with Crippen molar-refractivity contribution in [1.82, 2.24) is 15.1 Å². The van der Waals surface area contributed by atoms with Gasteiger partial charge < -0.3 is 9.80 Å². The highest BCUT2D eigenvalue weighted by Crippen LogP contribution is 2.23. The molecule has 1 fully saturated rings. The summed E-state index contributed by atoms with van der Waals surface area (Å²) in [5, 5.41) is 14.6. The second kappa shape index (κ2) is 6.76. The number of thiophene rings is 1. The zero-order chi connectivity index (χ0) is 16.4. The fourth-order valence-corrected chi connectivity index (χ4v) is 3.91. The van der Waals surface area contributed by atoms with Crippen molar-refractivity contribution in [2.24, 2.45) is 0 Å². The van der Waals surface area contributed by atoms with Crippen molar-refractivity contribution < 1.29 is 4.79 Å². The summed E-state index contributed by atoms with van der Waals surface area (Å²) < 4.78 is 0. The van der Waals surface area contributed by atoms with Crippen LogP contribution in [0.2, 0.25) is 0 Å². The Morgan fingerprint density at radius 3 is 2.75 bits per heavy atom. The summed E-state index contributed by atoms with van der Waals surface area (Å²) in [5.41, 5.74) is 2.52. The van der Waals surface area contributed by atoms with Crippen molar-refractivity contribution in [3.63, 3.8) is 0 Å². The lowest BCUT2D eigenvalue weighted by Crippen LogP contribution is -2.50. The number of carbonyl (C=O) groups is 1. The number of carbonyl (C=O) groups excluding carboxylic acids is 1. The lowest BCUT2D eigenvalue weighted by molar-refractivity contribution is 0.208. The van der Waals surface area contributed by atoms with Crippen molar-refractivity contribution in [3.8, 4) is 0 Å². The fraction of sp³-hybridized carbons (Fsp3) is 0.471. The van der Waals surface area contributed by atoms with E-state index in [9.17, 15) is 4.79 Å². The lowest BCUT2D eigenvalue weighted by Gasteiger charge is -2.35. The van der Waals surface area contributed by atoms with Gasteiger partial charge in [0.25, 0.3) is 0 Å². The number of nitrogens with zero attached hydrogens (tertiary/aromatic N) is 4. The zero-order valence-electron chi connectivity index (χ0n) is 13.6. The maximum Gasteiger partial charge on any atom is 0.322 e. The molecule has 2 aliphatic rings. The van der Waals surface area contributed by atoms with Crippen LogP contribution in [0.25, 0.3) is 0 Å². The van der Waals surface area contributed by atoms with Crippen molar-refractivity contribution in [1.29, 1.82) is 0 Å². The van der Waals surface area contributed by atoms with E-state index in [2.05, 4.69) is 26.5 Å². The number of amides is 2. The van der Waals surface area contributed by atoms with Crippen LogP contribution in [0, 0.1) is 0 Å². The number of anilines is 2. The number of aryl methyl sites for hydroxylation is 2. The van der Waals surface area contributed by atoms with Gasteiger partial charge in [-0.15, -0.1) is 16.4 Å². The summed E-state index contributed by atoms with van der Waals surface area (Å²) in [7, 11) is 0. The van der Waals surface area contributed by atoms with Crippen LogP contribution in [0.4, 0.5) is 15.6 Å². The van der Waals surface area contributed by atoms with Crippen LogP contribution in [0.1, 0.15) is 24.1 Å². The first-order valence-corrected chi connectivity index (χ1v) is 9.37. The van der Waals surface area contributed by atoms with E-state index in [4.69, 9.17) is 0 Å². The molecule has 2 aromatic heterocycles. The number of hydrogen-bond acceptors (Lipinski definition) is 5. The van der Waals surface area contributed by atoms with Gasteiger partial charge in [-0.2, -0.15) is 5.10 Å². The van der Waals surface area contributed by atoms with E-state index < -0.39 is 0 Å². The maximum absolute atomic E-state index is 12.3. The highest BCUT2D eigenvalue weighted by Gasteiger charge is 2.23. The molecule has 6 nitrogen and oxygen atoms in total. The van der Waals surface area contributed by atoms with Crippen molar-refractivity contribution >= 4 is 28.2 Å². The van der Waals surface area contributed by atoms with Gasteiger partial charge in [0.15, 0.2) is 5.82 Å². The van der Waals surface area contributed by atoms with E-state index in [1.165, 1.54) is 35.4 Å². The Bertz CT molecular complexity index is 710. The SMILES string of the molecule is O=C(Nc1cccs1)N1CCN(c2cc3c(nn2)CCCC3)CC1. The Hall–Kier alpha value is -2.15. The maximum atomic E-state index is 12.3. The molecule has 0 saturated carbocycles. The number of nitrogens with one attached hydrogen (secondary N) is 1. The summed E-state index contributed by atoms with van der Waals surface area (Å²) in [4.78, 5) is 16.4. The predicted molar refractivity (Wildman–Crippen MR) is 95.8 cm³/mol. The molecule has 1 aliphatic heterocycles. The molecule has 24 heavy (non-hydrogen) atoms. The lowest BCUT2D eigenvalue weighted by atomic mass is 9.97. The first-order valence-electron chi connectivity index (χ1n) is 8.49. The van der Waals surface area contributed by atoms with Crippen LogP contribution >= 0.6 is 11.3 Å². The van der Waals surface area contributed by atoms with Crippen molar-refractivity contribution in [3.05, 3.63) is 34.8 Å². The van der Waals surface area contributed by atoms with Crippen LogP contribution in [0.15, 0.2) is 23.6 Å². The molecule has 4 rings (SSSR count). The molecule has 7 heteroatoms. The van der Waals surface area contributed by atoms with E-state index in [0.717, 1.165) is 36.8 Å². The van der Waals surface area contributed by atoms with Crippen LogP contribution in [-0.4, -0.2) is 47.3 Å². The van der Waals surface area contributed by atoms with Gasteiger partial charge in [-0.25, -0.2) is 4.79 Å².